The number of piperidine rings is 1. The first-order valence-electron chi connectivity index (χ1n) is 14.0. The summed E-state index contributed by atoms with van der Waals surface area (Å²) in [6.45, 7) is 0. The highest BCUT2D eigenvalue weighted by Gasteiger charge is 2.56. The molecule has 4 atom stereocenters. The molecule has 1 aliphatic carbocycles. The molecular weight excluding hydrogens is 583 g/mol. The molecule has 43 heavy (non-hydrogen) atoms. The van der Waals surface area contributed by atoms with Gasteiger partial charge >= 0.3 is 0 Å². The third-order valence-electron chi connectivity index (χ3n) is 8.04. The number of carbonyl (C=O) groups is 2. The summed E-state index contributed by atoms with van der Waals surface area (Å²) in [5, 5.41) is 12.4. The van der Waals surface area contributed by atoms with Crippen molar-refractivity contribution in [1.29, 1.82) is 5.26 Å². The number of aromatic nitrogens is 1. The third kappa shape index (κ3) is 5.90. The van der Waals surface area contributed by atoms with E-state index in [1.165, 1.54) is 35.4 Å². The minimum absolute atomic E-state index is 0.184. The van der Waals surface area contributed by atoms with Crippen molar-refractivity contribution in [3.05, 3.63) is 88.8 Å². The Morgan fingerprint density at radius 1 is 1.19 bits per heavy atom. The number of alkyl halides is 2. The molecule has 2 amide bonds. The zero-order chi connectivity index (χ0) is 30.3. The fourth-order valence-corrected chi connectivity index (χ4v) is 6.22. The topological polar surface area (TPSA) is 102 Å². The zero-order valence-corrected chi connectivity index (χ0v) is 23.6. The van der Waals surface area contributed by atoms with E-state index >= 15 is 0 Å². The molecule has 2 aliphatic heterocycles. The second-order valence-corrected chi connectivity index (χ2v) is 11.4. The molecule has 4 unspecified atom stereocenters. The largest absolute Gasteiger partial charge is 0.351 e. The van der Waals surface area contributed by atoms with E-state index in [1.807, 2.05) is 0 Å². The van der Waals surface area contributed by atoms with Gasteiger partial charge in [0.25, 0.3) is 5.92 Å². The molecule has 0 radical (unpaired) electrons. The van der Waals surface area contributed by atoms with E-state index in [1.54, 1.807) is 41.3 Å². The third-order valence-corrected chi connectivity index (χ3v) is 8.38. The molecular formula is C31H27ClF3N5O3. The number of halogens is 4. The number of nitrogens with one attached hydrogen (secondary N) is 1. The Morgan fingerprint density at radius 2 is 1.98 bits per heavy atom. The van der Waals surface area contributed by atoms with Crippen LogP contribution >= 0.6 is 11.6 Å². The summed E-state index contributed by atoms with van der Waals surface area (Å²) in [6.07, 6.45) is 0.502. The van der Waals surface area contributed by atoms with Crippen LogP contribution < -0.4 is 15.1 Å². The number of rotatable bonds is 8. The van der Waals surface area contributed by atoms with Crippen molar-refractivity contribution in [2.75, 3.05) is 9.80 Å². The molecule has 3 heterocycles. The highest BCUT2D eigenvalue weighted by molar-refractivity contribution is 6.31. The fraction of sp³-hybridized carbons (Fsp3) is 0.355. The second kappa shape index (κ2) is 11.5. The van der Waals surface area contributed by atoms with E-state index in [0.717, 1.165) is 0 Å². The number of nitrogens with zero attached hydrogens (tertiary/aromatic N) is 4. The number of carbonyl (C=O) groups excluding carboxylic acids is 2. The smallest absolute Gasteiger partial charge is 0.252 e. The van der Waals surface area contributed by atoms with Crippen molar-refractivity contribution in [1.82, 2.24) is 10.3 Å². The average molecular weight is 610 g/mol. The molecule has 3 aromatic rings. The standard InChI is InChI=1S/C31H27ClF3N5O3/c32-23-8-2-1-7-22(23)27(29(42)38-20-15-31(34,35)16-20)39(21-6-3-5-19(33)14-21)30-28(43-30)24-9-4-10-26(41)40(24)25-13-18(17-36)11-12-37-25/h1-3,5-8,11-14,20,24,27-28,30H,4,9-10,15-16H2,(H,38,42). The minimum Gasteiger partial charge on any atom is -0.351 e. The Bertz CT molecular complexity index is 1590. The maximum Gasteiger partial charge on any atom is 0.252 e. The molecule has 1 saturated carbocycles. The fourth-order valence-electron chi connectivity index (χ4n) is 5.98. The zero-order valence-electron chi connectivity index (χ0n) is 22.8. The van der Waals surface area contributed by atoms with Crippen molar-refractivity contribution >= 4 is 34.9 Å². The lowest BCUT2D eigenvalue weighted by molar-refractivity contribution is -0.130. The van der Waals surface area contributed by atoms with Crippen molar-refractivity contribution < 1.29 is 27.5 Å². The van der Waals surface area contributed by atoms with Gasteiger partial charge in [0.05, 0.1) is 17.7 Å². The number of pyridine rings is 1. The number of hydrogen-bond donors (Lipinski definition) is 1. The van der Waals surface area contributed by atoms with Gasteiger partial charge in [0, 0.05) is 47.8 Å². The maximum absolute atomic E-state index is 14.6. The van der Waals surface area contributed by atoms with Crippen LogP contribution in [-0.2, 0) is 14.3 Å². The van der Waals surface area contributed by atoms with E-state index in [4.69, 9.17) is 16.3 Å². The lowest BCUT2D eigenvalue weighted by Crippen LogP contribution is -2.54. The van der Waals surface area contributed by atoms with Crippen molar-refractivity contribution in [3.8, 4) is 6.07 Å². The number of ether oxygens (including phenoxy) is 1. The Labute approximate surface area is 251 Å². The van der Waals surface area contributed by atoms with Gasteiger partial charge in [-0.15, -0.1) is 0 Å². The van der Waals surface area contributed by atoms with Crippen LogP contribution in [0.2, 0.25) is 5.02 Å². The number of anilines is 2. The van der Waals surface area contributed by atoms with E-state index in [2.05, 4.69) is 16.4 Å². The molecule has 0 spiro atoms. The monoisotopic (exact) mass is 609 g/mol. The number of hydrogen-bond acceptors (Lipinski definition) is 6. The number of amides is 2. The molecule has 12 heteroatoms. The quantitative estimate of drug-likeness (QED) is 0.338. The number of epoxide rings is 1. The molecule has 3 fully saturated rings. The molecule has 6 rings (SSSR count). The Morgan fingerprint density at radius 3 is 2.70 bits per heavy atom. The van der Waals surface area contributed by atoms with Gasteiger partial charge in [-0.2, -0.15) is 5.26 Å². The summed E-state index contributed by atoms with van der Waals surface area (Å²) in [6, 6.07) is 15.0. The lowest BCUT2D eigenvalue weighted by atomic mass is 9.87. The van der Waals surface area contributed by atoms with Gasteiger partial charge in [-0.3, -0.25) is 14.5 Å². The average Bonchev–Trinajstić information content (AvgIpc) is 3.75. The molecule has 3 aliphatic rings. The second-order valence-electron chi connectivity index (χ2n) is 11.0. The van der Waals surface area contributed by atoms with Crippen LogP contribution in [0.1, 0.15) is 49.3 Å². The SMILES string of the molecule is N#Cc1ccnc(N2C(=O)CCCC2C2OC2N(c2cccc(F)c2)C(C(=O)NC2CC(F)(F)C2)c2ccccc2Cl)c1. The van der Waals surface area contributed by atoms with Crippen LogP contribution in [0.25, 0.3) is 0 Å². The highest BCUT2D eigenvalue weighted by Crippen LogP contribution is 2.45. The predicted molar refractivity (Wildman–Crippen MR) is 152 cm³/mol. The van der Waals surface area contributed by atoms with Crippen LogP contribution in [0.15, 0.2) is 66.9 Å². The molecule has 1 N–H and O–H groups in total. The number of benzene rings is 2. The first kappa shape index (κ1) is 29.0. The van der Waals surface area contributed by atoms with Gasteiger partial charge in [-0.25, -0.2) is 18.2 Å². The van der Waals surface area contributed by atoms with E-state index in [0.29, 0.717) is 35.5 Å². The molecule has 2 aromatic carbocycles. The van der Waals surface area contributed by atoms with E-state index in [-0.39, 0.29) is 17.4 Å². The van der Waals surface area contributed by atoms with Crippen molar-refractivity contribution in [2.45, 2.75) is 68.5 Å². The van der Waals surface area contributed by atoms with Crippen LogP contribution in [0, 0.1) is 17.1 Å². The van der Waals surface area contributed by atoms with Gasteiger partial charge in [0.1, 0.15) is 23.8 Å². The molecule has 8 nitrogen and oxygen atoms in total. The first-order valence-corrected chi connectivity index (χ1v) is 14.3. The normalized spacial score (nSPS) is 23.6. The van der Waals surface area contributed by atoms with Gasteiger partial charge < -0.3 is 15.0 Å². The maximum atomic E-state index is 14.6. The Kier molecular flexibility index (Phi) is 7.75. The van der Waals surface area contributed by atoms with Crippen molar-refractivity contribution in [2.24, 2.45) is 0 Å². The van der Waals surface area contributed by atoms with Gasteiger partial charge in [-0.1, -0.05) is 35.9 Å². The van der Waals surface area contributed by atoms with Gasteiger partial charge in [-0.05, 0) is 49.2 Å². The summed E-state index contributed by atoms with van der Waals surface area (Å²) in [5.41, 5.74) is 1.03. The lowest BCUT2D eigenvalue weighted by Gasteiger charge is -2.39. The Balaban J connectivity index is 1.38. The van der Waals surface area contributed by atoms with Gasteiger partial charge in [0.2, 0.25) is 11.8 Å². The molecule has 222 valence electrons. The van der Waals surface area contributed by atoms with E-state index in [9.17, 15) is 28.0 Å². The van der Waals surface area contributed by atoms with Crippen LogP contribution in [0.4, 0.5) is 24.7 Å². The highest BCUT2D eigenvalue weighted by atomic mass is 35.5. The number of nitriles is 1. The summed E-state index contributed by atoms with van der Waals surface area (Å²) in [5.74, 6) is -3.86. The first-order chi connectivity index (χ1) is 20.6. The van der Waals surface area contributed by atoms with Crippen molar-refractivity contribution in [3.63, 3.8) is 0 Å². The molecule has 1 aromatic heterocycles. The summed E-state index contributed by atoms with van der Waals surface area (Å²) >= 11 is 6.59. The Hall–Kier alpha value is -4.14. The summed E-state index contributed by atoms with van der Waals surface area (Å²) in [7, 11) is 0. The predicted octanol–water partition coefficient (Wildman–Crippen LogP) is 5.52. The van der Waals surface area contributed by atoms with Crippen LogP contribution in [-0.4, -0.2) is 47.1 Å². The van der Waals surface area contributed by atoms with Crippen LogP contribution in [0.5, 0.6) is 0 Å². The van der Waals surface area contributed by atoms with Crippen LogP contribution in [0.3, 0.4) is 0 Å². The van der Waals surface area contributed by atoms with Gasteiger partial charge in [0.15, 0.2) is 6.23 Å². The van der Waals surface area contributed by atoms with E-state index < -0.39 is 60.9 Å². The molecule has 0 bridgehead atoms. The summed E-state index contributed by atoms with van der Waals surface area (Å²) < 4.78 is 48.1. The molecule has 2 saturated heterocycles. The minimum atomic E-state index is -2.85. The summed E-state index contributed by atoms with van der Waals surface area (Å²) in [4.78, 5) is 34.6.